The molecule has 4 rings (SSSR count). The Bertz CT molecular complexity index is 1100. The lowest BCUT2D eigenvalue weighted by molar-refractivity contribution is -0.137. The lowest BCUT2D eigenvalue weighted by Gasteiger charge is -2.12. The normalized spacial score (nSPS) is 11.8. The van der Waals surface area contributed by atoms with Gasteiger partial charge in [-0.25, -0.2) is 9.97 Å². The number of aromatic nitrogens is 5. The van der Waals surface area contributed by atoms with Crippen LogP contribution in [0.25, 0.3) is 28.0 Å². The molecule has 0 saturated carbocycles. The average Bonchev–Trinajstić information content (AvgIpc) is 3.05. The molecule has 0 fully saturated rings. The van der Waals surface area contributed by atoms with Crippen molar-refractivity contribution in [2.24, 2.45) is 0 Å². The van der Waals surface area contributed by atoms with Crippen LogP contribution in [0.3, 0.4) is 0 Å². The van der Waals surface area contributed by atoms with E-state index in [1.165, 1.54) is 18.5 Å². The minimum Gasteiger partial charge on any atom is -0.264 e. The van der Waals surface area contributed by atoms with Gasteiger partial charge in [-0.2, -0.15) is 23.0 Å². The highest BCUT2D eigenvalue weighted by Gasteiger charge is 2.35. The van der Waals surface area contributed by atoms with Crippen LogP contribution in [0.1, 0.15) is 11.1 Å². The maximum Gasteiger partial charge on any atom is 0.420 e. The highest BCUT2D eigenvalue weighted by Crippen LogP contribution is 2.35. The standard InChI is InChI=1S/C18H12F3N5/c1-11-4-7-22-9-13(11)12-5-8-24-16-14(12)10-25-26(16)17-15(18(19,20)21)3-2-6-23-17/h2-10H,1H3. The summed E-state index contributed by atoms with van der Waals surface area (Å²) < 4.78 is 41.1. The molecule has 0 unspecified atom stereocenters. The molecule has 0 aliphatic carbocycles. The largest absolute Gasteiger partial charge is 0.420 e. The lowest BCUT2D eigenvalue weighted by atomic mass is 10.0. The molecule has 4 heterocycles. The van der Waals surface area contributed by atoms with Crippen LogP contribution in [-0.2, 0) is 6.18 Å². The highest BCUT2D eigenvalue weighted by atomic mass is 19.4. The number of rotatable bonds is 2. The third kappa shape index (κ3) is 2.59. The van der Waals surface area contributed by atoms with Crippen LogP contribution in [0.15, 0.2) is 55.2 Å². The summed E-state index contributed by atoms with van der Waals surface area (Å²) in [6.45, 7) is 1.94. The molecule has 5 nitrogen and oxygen atoms in total. The van der Waals surface area contributed by atoms with Crippen LogP contribution >= 0.6 is 0 Å². The van der Waals surface area contributed by atoms with E-state index in [2.05, 4.69) is 20.1 Å². The van der Waals surface area contributed by atoms with E-state index < -0.39 is 11.7 Å². The van der Waals surface area contributed by atoms with E-state index >= 15 is 0 Å². The summed E-state index contributed by atoms with van der Waals surface area (Å²) in [4.78, 5) is 12.2. The van der Waals surface area contributed by atoms with E-state index in [0.29, 0.717) is 11.0 Å². The fraction of sp³-hybridized carbons (Fsp3) is 0.111. The molecule has 0 amide bonds. The van der Waals surface area contributed by atoms with Crippen molar-refractivity contribution in [3.8, 4) is 16.9 Å². The van der Waals surface area contributed by atoms with Gasteiger partial charge in [0.1, 0.15) is 5.56 Å². The van der Waals surface area contributed by atoms with Crippen molar-refractivity contribution >= 4 is 11.0 Å². The first-order chi connectivity index (χ1) is 12.5. The summed E-state index contributed by atoms with van der Waals surface area (Å²) >= 11 is 0. The molecule has 4 aromatic rings. The van der Waals surface area contributed by atoms with Crippen molar-refractivity contribution < 1.29 is 13.2 Å². The molecule has 0 N–H and O–H groups in total. The van der Waals surface area contributed by atoms with Crippen molar-refractivity contribution in [3.05, 3.63) is 66.4 Å². The maximum atomic E-state index is 13.3. The van der Waals surface area contributed by atoms with Crippen LogP contribution < -0.4 is 0 Å². The third-order valence-corrected chi connectivity index (χ3v) is 4.09. The molecule has 0 atom stereocenters. The molecule has 0 radical (unpaired) electrons. The Morgan fingerprint density at radius 2 is 1.77 bits per heavy atom. The van der Waals surface area contributed by atoms with E-state index in [1.54, 1.807) is 24.7 Å². The Hall–Kier alpha value is -3.29. The Balaban J connectivity index is 1.97. The quantitative estimate of drug-likeness (QED) is 0.541. The fourth-order valence-corrected chi connectivity index (χ4v) is 2.85. The van der Waals surface area contributed by atoms with Gasteiger partial charge in [-0.05, 0) is 42.3 Å². The molecule has 130 valence electrons. The fourth-order valence-electron chi connectivity index (χ4n) is 2.85. The Morgan fingerprint density at radius 1 is 0.923 bits per heavy atom. The zero-order valence-electron chi connectivity index (χ0n) is 13.6. The Morgan fingerprint density at radius 3 is 2.54 bits per heavy atom. The number of fused-ring (bicyclic) bond motifs is 1. The van der Waals surface area contributed by atoms with Gasteiger partial charge in [-0.3, -0.25) is 4.98 Å². The van der Waals surface area contributed by atoms with Gasteiger partial charge in [-0.15, -0.1) is 0 Å². The van der Waals surface area contributed by atoms with Gasteiger partial charge in [0, 0.05) is 35.7 Å². The van der Waals surface area contributed by atoms with Crippen LogP contribution in [0.2, 0.25) is 0 Å². The van der Waals surface area contributed by atoms with Crippen molar-refractivity contribution in [1.29, 1.82) is 0 Å². The number of halogens is 3. The first-order valence-electron chi connectivity index (χ1n) is 7.73. The van der Waals surface area contributed by atoms with Crippen molar-refractivity contribution in [1.82, 2.24) is 24.7 Å². The summed E-state index contributed by atoms with van der Waals surface area (Å²) in [5.74, 6) is -0.303. The van der Waals surface area contributed by atoms with Crippen molar-refractivity contribution in [2.75, 3.05) is 0 Å². The molecule has 0 bridgehead atoms. The van der Waals surface area contributed by atoms with Gasteiger partial charge in [-0.1, -0.05) is 0 Å². The van der Waals surface area contributed by atoms with Crippen molar-refractivity contribution in [2.45, 2.75) is 13.1 Å². The zero-order valence-corrected chi connectivity index (χ0v) is 13.6. The molecule has 0 spiro atoms. The van der Waals surface area contributed by atoms with E-state index in [-0.39, 0.29) is 5.82 Å². The van der Waals surface area contributed by atoms with Crippen LogP contribution in [0.4, 0.5) is 13.2 Å². The SMILES string of the molecule is Cc1ccncc1-c1ccnc2c1cnn2-c1ncccc1C(F)(F)F. The predicted molar refractivity (Wildman–Crippen MR) is 89.6 cm³/mol. The molecule has 0 aromatic carbocycles. The molecule has 0 aliphatic rings. The summed E-state index contributed by atoms with van der Waals surface area (Å²) in [7, 11) is 0. The van der Waals surface area contributed by atoms with E-state index in [0.717, 1.165) is 27.4 Å². The molecular formula is C18H12F3N5. The number of nitrogens with zero attached hydrogens (tertiary/aromatic N) is 5. The zero-order chi connectivity index (χ0) is 18.3. The topological polar surface area (TPSA) is 56.5 Å². The number of alkyl halides is 3. The number of pyridine rings is 3. The summed E-state index contributed by atoms with van der Waals surface area (Å²) in [6.07, 6.45) is 3.19. The molecule has 8 heteroatoms. The van der Waals surface area contributed by atoms with Gasteiger partial charge >= 0.3 is 6.18 Å². The summed E-state index contributed by atoms with van der Waals surface area (Å²) in [5.41, 5.74) is 2.10. The van der Waals surface area contributed by atoms with Gasteiger partial charge in [0.2, 0.25) is 0 Å². The number of aryl methyl sites for hydroxylation is 1. The van der Waals surface area contributed by atoms with E-state index in [4.69, 9.17) is 0 Å². The van der Waals surface area contributed by atoms with Crippen molar-refractivity contribution in [3.63, 3.8) is 0 Å². The van der Waals surface area contributed by atoms with Crippen LogP contribution in [-0.4, -0.2) is 24.7 Å². The third-order valence-electron chi connectivity index (χ3n) is 4.09. The lowest BCUT2D eigenvalue weighted by Crippen LogP contribution is -2.13. The first-order valence-corrected chi connectivity index (χ1v) is 7.73. The average molecular weight is 355 g/mol. The van der Waals surface area contributed by atoms with Crippen LogP contribution in [0, 0.1) is 6.92 Å². The second kappa shape index (κ2) is 5.91. The molecule has 26 heavy (non-hydrogen) atoms. The second-order valence-corrected chi connectivity index (χ2v) is 5.72. The maximum absolute atomic E-state index is 13.3. The van der Waals surface area contributed by atoms with Crippen LogP contribution in [0.5, 0.6) is 0 Å². The monoisotopic (exact) mass is 355 g/mol. The Labute approximate surface area is 146 Å². The molecular weight excluding hydrogens is 343 g/mol. The van der Waals surface area contributed by atoms with Gasteiger partial charge in [0.25, 0.3) is 0 Å². The highest BCUT2D eigenvalue weighted by molar-refractivity contribution is 5.93. The minimum atomic E-state index is -4.54. The van der Waals surface area contributed by atoms with Gasteiger partial charge in [0.15, 0.2) is 11.5 Å². The number of hydrogen-bond donors (Lipinski definition) is 0. The van der Waals surface area contributed by atoms with Gasteiger partial charge < -0.3 is 0 Å². The minimum absolute atomic E-state index is 0.301. The second-order valence-electron chi connectivity index (χ2n) is 5.72. The molecule has 4 aromatic heterocycles. The number of hydrogen-bond acceptors (Lipinski definition) is 4. The summed E-state index contributed by atoms with van der Waals surface area (Å²) in [5, 5.41) is 4.75. The van der Waals surface area contributed by atoms with E-state index in [9.17, 15) is 13.2 Å². The van der Waals surface area contributed by atoms with Gasteiger partial charge in [0.05, 0.1) is 6.20 Å². The molecule has 0 aliphatic heterocycles. The smallest absolute Gasteiger partial charge is 0.264 e. The molecule has 0 saturated heterocycles. The summed E-state index contributed by atoms with van der Waals surface area (Å²) in [6, 6.07) is 5.88. The first kappa shape index (κ1) is 16.2. The Kier molecular flexibility index (Phi) is 3.68. The van der Waals surface area contributed by atoms with E-state index in [1.807, 2.05) is 13.0 Å². The predicted octanol–water partition coefficient (Wildman–Crippen LogP) is 4.20.